The maximum atomic E-state index is 12.0. The first-order valence-corrected chi connectivity index (χ1v) is 7.23. The van der Waals surface area contributed by atoms with Crippen LogP contribution in [0.5, 0.6) is 0 Å². The Labute approximate surface area is 131 Å². The average molecular weight is 326 g/mol. The maximum absolute atomic E-state index is 12.0. The van der Waals surface area contributed by atoms with E-state index in [2.05, 4.69) is 4.98 Å². The molecule has 1 unspecified atom stereocenters. The van der Waals surface area contributed by atoms with Gasteiger partial charge in [-0.3, -0.25) is 19.1 Å². The summed E-state index contributed by atoms with van der Waals surface area (Å²) in [5.74, 6) is -1.29. The zero-order chi connectivity index (χ0) is 16.8. The summed E-state index contributed by atoms with van der Waals surface area (Å²) < 4.78 is 23.6. The Kier molecular flexibility index (Phi) is 3.86. The van der Waals surface area contributed by atoms with Crippen molar-refractivity contribution in [2.24, 2.45) is 0 Å². The number of rotatable bonds is 3. The second-order valence-corrected chi connectivity index (χ2v) is 5.95. The highest BCUT2D eigenvalue weighted by molar-refractivity contribution is 5.65. The molecule has 3 rings (SSSR count). The zero-order valence-electron chi connectivity index (χ0n) is 13.0. The smallest absolute Gasteiger partial charge is 0.330 e. The van der Waals surface area contributed by atoms with Crippen LogP contribution in [-0.2, 0) is 23.7 Å². The van der Waals surface area contributed by atoms with E-state index in [0.717, 1.165) is 0 Å². The molecule has 2 aliphatic heterocycles. The molecule has 2 aliphatic rings. The highest BCUT2D eigenvalue weighted by Gasteiger charge is 2.56. The number of carbonyl (C=O) groups is 1. The largest absolute Gasteiger partial charge is 0.463 e. The number of ether oxygens (including phenoxy) is 4. The van der Waals surface area contributed by atoms with Crippen LogP contribution >= 0.6 is 0 Å². The Morgan fingerprint density at radius 2 is 2.04 bits per heavy atom. The van der Waals surface area contributed by atoms with Crippen molar-refractivity contribution in [1.82, 2.24) is 9.55 Å². The van der Waals surface area contributed by atoms with Gasteiger partial charge in [-0.1, -0.05) is 0 Å². The Morgan fingerprint density at radius 1 is 1.35 bits per heavy atom. The topological polar surface area (TPSA) is 109 Å². The predicted molar refractivity (Wildman–Crippen MR) is 75.7 cm³/mol. The van der Waals surface area contributed by atoms with Crippen LogP contribution in [-0.4, -0.2) is 46.2 Å². The summed E-state index contributed by atoms with van der Waals surface area (Å²) in [6.07, 6.45) is -1.07. The monoisotopic (exact) mass is 326 g/mol. The highest BCUT2D eigenvalue weighted by atomic mass is 16.8. The van der Waals surface area contributed by atoms with E-state index < -0.39 is 47.5 Å². The lowest BCUT2D eigenvalue weighted by Gasteiger charge is -2.24. The summed E-state index contributed by atoms with van der Waals surface area (Å²) in [5.41, 5.74) is -1.11. The number of carbonyl (C=O) groups excluding carboxylic acids is 1. The van der Waals surface area contributed by atoms with Crippen molar-refractivity contribution in [2.45, 2.75) is 51.1 Å². The fourth-order valence-electron chi connectivity index (χ4n) is 2.84. The Bertz CT molecular complexity index is 722. The van der Waals surface area contributed by atoms with Crippen LogP contribution in [0.25, 0.3) is 0 Å². The van der Waals surface area contributed by atoms with Gasteiger partial charge in [-0.05, 0) is 13.8 Å². The summed E-state index contributed by atoms with van der Waals surface area (Å²) in [7, 11) is 0. The van der Waals surface area contributed by atoms with Gasteiger partial charge in [0, 0.05) is 19.2 Å². The fraction of sp³-hybridized carbons (Fsp3) is 0.643. The van der Waals surface area contributed by atoms with Crippen LogP contribution in [0.15, 0.2) is 21.9 Å². The second kappa shape index (κ2) is 5.59. The quantitative estimate of drug-likeness (QED) is 0.747. The van der Waals surface area contributed by atoms with Gasteiger partial charge >= 0.3 is 11.7 Å². The molecule has 0 aliphatic carbocycles. The van der Waals surface area contributed by atoms with Gasteiger partial charge in [0.1, 0.15) is 24.9 Å². The molecule has 2 fully saturated rings. The van der Waals surface area contributed by atoms with Crippen molar-refractivity contribution < 1.29 is 23.7 Å². The summed E-state index contributed by atoms with van der Waals surface area (Å²) >= 11 is 0. The molecule has 9 heteroatoms. The van der Waals surface area contributed by atoms with Crippen molar-refractivity contribution in [2.75, 3.05) is 6.61 Å². The number of aromatic amines is 1. The van der Waals surface area contributed by atoms with Crippen molar-refractivity contribution in [1.29, 1.82) is 0 Å². The minimum atomic E-state index is -0.850. The van der Waals surface area contributed by atoms with E-state index in [9.17, 15) is 14.4 Å². The van der Waals surface area contributed by atoms with Crippen molar-refractivity contribution in [3.8, 4) is 0 Å². The number of esters is 1. The lowest BCUT2D eigenvalue weighted by atomic mass is 10.1. The van der Waals surface area contributed by atoms with Gasteiger partial charge < -0.3 is 18.9 Å². The molecule has 4 atom stereocenters. The Hall–Kier alpha value is -1.97. The molecule has 1 aromatic heterocycles. The third-order valence-corrected chi connectivity index (χ3v) is 3.70. The highest BCUT2D eigenvalue weighted by Crippen LogP contribution is 2.42. The summed E-state index contributed by atoms with van der Waals surface area (Å²) in [4.78, 5) is 36.4. The van der Waals surface area contributed by atoms with Gasteiger partial charge in [0.05, 0.1) is 0 Å². The molecule has 1 N–H and O–H groups in total. The third-order valence-electron chi connectivity index (χ3n) is 3.70. The molecule has 0 saturated carbocycles. The molecule has 0 spiro atoms. The van der Waals surface area contributed by atoms with Crippen LogP contribution < -0.4 is 11.2 Å². The van der Waals surface area contributed by atoms with Gasteiger partial charge in [-0.25, -0.2) is 4.79 Å². The number of hydrogen-bond acceptors (Lipinski definition) is 7. The van der Waals surface area contributed by atoms with Crippen molar-refractivity contribution in [3.05, 3.63) is 33.1 Å². The lowest BCUT2D eigenvalue weighted by Crippen LogP contribution is -2.37. The first-order chi connectivity index (χ1) is 10.8. The minimum absolute atomic E-state index is 0.00938. The molecule has 126 valence electrons. The van der Waals surface area contributed by atoms with E-state index >= 15 is 0 Å². The van der Waals surface area contributed by atoms with Gasteiger partial charge in [0.25, 0.3) is 5.56 Å². The molecular weight excluding hydrogens is 308 g/mol. The third kappa shape index (κ3) is 3.07. The Morgan fingerprint density at radius 3 is 2.70 bits per heavy atom. The summed E-state index contributed by atoms with van der Waals surface area (Å²) in [5, 5.41) is 0. The number of nitrogens with one attached hydrogen (secondary N) is 1. The van der Waals surface area contributed by atoms with Crippen LogP contribution in [0, 0.1) is 0 Å². The molecule has 3 heterocycles. The van der Waals surface area contributed by atoms with Crippen molar-refractivity contribution in [3.63, 3.8) is 0 Å². The average Bonchev–Trinajstić information content (AvgIpc) is 2.90. The second-order valence-electron chi connectivity index (χ2n) is 5.95. The first kappa shape index (κ1) is 15.9. The maximum Gasteiger partial charge on any atom is 0.330 e. The molecular formula is C14H18N2O7. The van der Waals surface area contributed by atoms with Crippen LogP contribution in [0.2, 0.25) is 0 Å². The summed E-state index contributed by atoms with van der Waals surface area (Å²) in [6, 6.07) is 1.22. The molecule has 2 saturated heterocycles. The molecule has 9 nitrogen and oxygen atoms in total. The normalized spacial score (nSPS) is 31.8. The molecule has 0 aromatic carbocycles. The van der Waals surface area contributed by atoms with Crippen LogP contribution in [0.1, 0.15) is 27.0 Å². The number of aromatic nitrogens is 2. The zero-order valence-corrected chi connectivity index (χ0v) is 13.0. The minimum Gasteiger partial charge on any atom is -0.463 e. The van der Waals surface area contributed by atoms with Crippen molar-refractivity contribution >= 4 is 5.97 Å². The van der Waals surface area contributed by atoms with Gasteiger partial charge in [0.15, 0.2) is 12.0 Å². The van der Waals surface area contributed by atoms with E-state index in [1.807, 2.05) is 0 Å². The van der Waals surface area contributed by atoms with Crippen LogP contribution in [0.4, 0.5) is 0 Å². The first-order valence-electron chi connectivity index (χ1n) is 7.23. The number of hydrogen-bond donors (Lipinski definition) is 1. The molecule has 0 bridgehead atoms. The van der Waals surface area contributed by atoms with E-state index in [0.29, 0.717) is 0 Å². The summed E-state index contributed by atoms with van der Waals surface area (Å²) in [6.45, 7) is 4.79. The van der Waals surface area contributed by atoms with E-state index in [-0.39, 0.29) is 6.61 Å². The number of nitrogens with zero attached hydrogens (tertiary/aromatic N) is 1. The number of H-pyrrole nitrogens is 1. The Balaban J connectivity index is 1.90. The van der Waals surface area contributed by atoms with Gasteiger partial charge in [-0.15, -0.1) is 0 Å². The van der Waals surface area contributed by atoms with Gasteiger partial charge in [-0.2, -0.15) is 0 Å². The SMILES string of the molecule is CC(=O)OC[C@@H]1OC(n2ccc(=O)[nH]c2=O)[C@H]2OC(C)(C)O[C@@H]12. The van der Waals surface area contributed by atoms with E-state index in [4.69, 9.17) is 18.9 Å². The lowest BCUT2D eigenvalue weighted by molar-refractivity contribution is -0.202. The predicted octanol–water partition coefficient (Wildman–Crippen LogP) is -0.483. The van der Waals surface area contributed by atoms with Crippen LogP contribution in [0.3, 0.4) is 0 Å². The standard InChI is InChI=1S/C14H18N2O7/c1-7(17)20-6-8-10-11(23-14(2,3)22-10)12(21-8)16-5-4-9(18)15-13(16)19/h4-5,8,10-12H,6H2,1-3H3,(H,15,18,19)/t8-,10-,11-,12?/m0/s1. The molecule has 1 aromatic rings. The molecule has 0 radical (unpaired) electrons. The molecule has 23 heavy (non-hydrogen) atoms. The van der Waals surface area contributed by atoms with E-state index in [1.165, 1.54) is 23.8 Å². The fourth-order valence-corrected chi connectivity index (χ4v) is 2.84. The van der Waals surface area contributed by atoms with Gasteiger partial charge in [0.2, 0.25) is 0 Å². The van der Waals surface area contributed by atoms with E-state index in [1.54, 1.807) is 13.8 Å². The molecule has 0 amide bonds. The number of fused-ring (bicyclic) bond motifs is 1.